The number of halogens is 1. The Kier molecular flexibility index (Phi) is 4.34. The van der Waals surface area contributed by atoms with Crippen LogP contribution in [0.25, 0.3) is 0 Å². The van der Waals surface area contributed by atoms with E-state index in [0.29, 0.717) is 12.8 Å². The van der Waals surface area contributed by atoms with E-state index in [-0.39, 0.29) is 12.2 Å². The van der Waals surface area contributed by atoms with Crippen LogP contribution in [0.2, 0.25) is 0 Å². The Labute approximate surface area is 116 Å². The van der Waals surface area contributed by atoms with Crippen molar-refractivity contribution < 1.29 is 23.8 Å². The predicted molar refractivity (Wildman–Crippen MR) is 70.0 cm³/mol. The number of hydrogen-bond donors (Lipinski definition) is 1. The number of para-hydroxylation sites is 1. The Balaban J connectivity index is 2.15. The number of amides is 1. The highest BCUT2D eigenvalue weighted by atomic mass is 19.1. The van der Waals surface area contributed by atoms with Crippen molar-refractivity contribution in [3.63, 3.8) is 0 Å². The van der Waals surface area contributed by atoms with Gasteiger partial charge in [0.15, 0.2) is 6.10 Å². The fraction of sp³-hybridized carbons (Fsp3) is 0.429. The largest absolute Gasteiger partial charge is 0.479 e. The Morgan fingerprint density at radius 2 is 2.00 bits per heavy atom. The second kappa shape index (κ2) is 6.00. The average molecular weight is 281 g/mol. The summed E-state index contributed by atoms with van der Waals surface area (Å²) in [5.41, 5.74) is 0.183. The molecular weight excluding hydrogens is 265 g/mol. The maximum absolute atomic E-state index is 13.8. The molecule has 1 N–H and O–H groups in total. The second-order valence-corrected chi connectivity index (χ2v) is 4.56. The fourth-order valence-electron chi connectivity index (χ4n) is 2.29. The second-order valence-electron chi connectivity index (χ2n) is 4.56. The molecule has 1 aliphatic heterocycles. The third-order valence-corrected chi connectivity index (χ3v) is 3.30. The van der Waals surface area contributed by atoms with E-state index >= 15 is 0 Å². The zero-order valence-corrected chi connectivity index (χ0v) is 11.1. The van der Waals surface area contributed by atoms with Crippen LogP contribution < -0.4 is 4.90 Å². The van der Waals surface area contributed by atoms with Gasteiger partial charge in [-0.15, -0.1) is 0 Å². The monoisotopic (exact) mass is 281 g/mol. The molecule has 1 aromatic rings. The van der Waals surface area contributed by atoms with Crippen molar-refractivity contribution in [2.75, 3.05) is 11.4 Å². The van der Waals surface area contributed by atoms with Gasteiger partial charge in [-0.2, -0.15) is 0 Å². The van der Waals surface area contributed by atoms with Crippen molar-refractivity contribution in [1.82, 2.24) is 0 Å². The van der Waals surface area contributed by atoms with Crippen LogP contribution in [-0.2, 0) is 14.3 Å². The number of carbonyl (C=O) groups is 2. The Bertz CT molecular complexity index is 520. The van der Waals surface area contributed by atoms with Gasteiger partial charge in [0.1, 0.15) is 11.9 Å². The van der Waals surface area contributed by atoms with Gasteiger partial charge in [-0.25, -0.2) is 9.18 Å². The first kappa shape index (κ1) is 14.5. The van der Waals surface area contributed by atoms with Crippen LogP contribution in [0, 0.1) is 5.82 Å². The number of likely N-dealkylation sites (N-methyl/N-ethyl adjacent to an activating group) is 1. The molecule has 0 radical (unpaired) electrons. The minimum atomic E-state index is -1.07. The number of ether oxygens (including phenoxy) is 1. The summed E-state index contributed by atoms with van der Waals surface area (Å²) in [6, 6.07) is 5.98. The number of carbonyl (C=O) groups excluding carboxylic acids is 1. The molecule has 2 rings (SSSR count). The van der Waals surface area contributed by atoms with E-state index in [0.717, 1.165) is 0 Å². The third-order valence-electron chi connectivity index (χ3n) is 3.30. The van der Waals surface area contributed by atoms with Crippen LogP contribution in [0.15, 0.2) is 24.3 Å². The zero-order chi connectivity index (χ0) is 14.7. The Hall–Kier alpha value is -1.95. The normalized spacial score (nSPS) is 21.7. The molecule has 2 atom stereocenters. The van der Waals surface area contributed by atoms with E-state index in [1.165, 1.54) is 17.0 Å². The molecule has 1 heterocycles. The number of carboxylic acids is 1. The number of anilines is 1. The van der Waals surface area contributed by atoms with Gasteiger partial charge >= 0.3 is 5.97 Å². The lowest BCUT2D eigenvalue weighted by Crippen LogP contribution is -2.40. The van der Waals surface area contributed by atoms with Crippen LogP contribution in [0.4, 0.5) is 10.1 Å². The number of aliphatic carboxylic acids is 1. The molecule has 0 bridgehead atoms. The molecule has 0 aromatic heterocycles. The molecule has 0 saturated carbocycles. The maximum atomic E-state index is 13.8. The molecule has 0 spiro atoms. The molecule has 1 fully saturated rings. The molecule has 5 nitrogen and oxygen atoms in total. The summed E-state index contributed by atoms with van der Waals surface area (Å²) in [6.45, 7) is 2.02. The molecule has 1 saturated heterocycles. The SMILES string of the molecule is CCN(C(=O)C1CCC(C(=O)O)O1)c1ccccc1F. The van der Waals surface area contributed by atoms with Gasteiger partial charge in [0.25, 0.3) is 5.91 Å². The predicted octanol–water partition coefficient (Wildman–Crippen LogP) is 1.81. The molecule has 108 valence electrons. The summed E-state index contributed by atoms with van der Waals surface area (Å²) >= 11 is 0. The summed E-state index contributed by atoms with van der Waals surface area (Å²) in [4.78, 5) is 24.4. The van der Waals surface area contributed by atoms with E-state index in [1.807, 2.05) is 0 Å². The van der Waals surface area contributed by atoms with Gasteiger partial charge in [-0.1, -0.05) is 12.1 Å². The lowest BCUT2D eigenvalue weighted by atomic mass is 10.1. The molecule has 20 heavy (non-hydrogen) atoms. The van der Waals surface area contributed by atoms with Crippen LogP contribution >= 0.6 is 0 Å². The Morgan fingerprint density at radius 1 is 1.35 bits per heavy atom. The fourth-order valence-corrected chi connectivity index (χ4v) is 2.29. The van der Waals surface area contributed by atoms with Gasteiger partial charge in [-0.05, 0) is 31.9 Å². The zero-order valence-electron chi connectivity index (χ0n) is 11.1. The molecule has 1 amide bonds. The molecule has 0 aliphatic carbocycles. The van der Waals surface area contributed by atoms with Crippen molar-refractivity contribution >= 4 is 17.6 Å². The standard InChI is InChI=1S/C14H16FNO4/c1-2-16(10-6-4-3-5-9(10)15)13(17)11-7-8-12(20-11)14(18)19/h3-6,11-12H,2,7-8H2,1H3,(H,18,19). The quantitative estimate of drug-likeness (QED) is 0.914. The van der Waals surface area contributed by atoms with E-state index in [9.17, 15) is 14.0 Å². The minimum absolute atomic E-state index is 0.183. The maximum Gasteiger partial charge on any atom is 0.332 e. The molecule has 2 unspecified atom stereocenters. The Morgan fingerprint density at radius 3 is 2.55 bits per heavy atom. The summed E-state index contributed by atoms with van der Waals surface area (Å²) in [6.07, 6.45) is -1.15. The van der Waals surface area contributed by atoms with Gasteiger partial charge in [0.05, 0.1) is 5.69 Å². The lowest BCUT2D eigenvalue weighted by molar-refractivity contribution is -0.151. The van der Waals surface area contributed by atoms with Gasteiger partial charge in [0.2, 0.25) is 0 Å². The topological polar surface area (TPSA) is 66.8 Å². The first-order chi connectivity index (χ1) is 9.54. The van der Waals surface area contributed by atoms with Crippen LogP contribution in [0.1, 0.15) is 19.8 Å². The smallest absolute Gasteiger partial charge is 0.332 e. The van der Waals surface area contributed by atoms with E-state index in [1.54, 1.807) is 19.1 Å². The van der Waals surface area contributed by atoms with E-state index < -0.39 is 29.9 Å². The minimum Gasteiger partial charge on any atom is -0.479 e. The summed E-state index contributed by atoms with van der Waals surface area (Å²) in [7, 11) is 0. The van der Waals surface area contributed by atoms with Crippen LogP contribution in [-0.4, -0.2) is 35.7 Å². The summed E-state index contributed by atoms with van der Waals surface area (Å²) in [5.74, 6) is -1.97. The highest BCUT2D eigenvalue weighted by Crippen LogP contribution is 2.25. The number of rotatable bonds is 4. The third kappa shape index (κ3) is 2.80. The highest BCUT2D eigenvalue weighted by Gasteiger charge is 2.37. The van der Waals surface area contributed by atoms with Crippen LogP contribution in [0.3, 0.4) is 0 Å². The molecule has 6 heteroatoms. The van der Waals surface area contributed by atoms with Gasteiger partial charge in [0, 0.05) is 6.54 Å². The highest BCUT2D eigenvalue weighted by molar-refractivity contribution is 5.97. The molecule has 1 aliphatic rings. The van der Waals surface area contributed by atoms with E-state index in [4.69, 9.17) is 9.84 Å². The van der Waals surface area contributed by atoms with Gasteiger partial charge < -0.3 is 14.7 Å². The number of carboxylic acid groups (broad SMARTS) is 1. The molecular formula is C14H16FNO4. The summed E-state index contributed by atoms with van der Waals surface area (Å²) in [5, 5.41) is 8.86. The summed E-state index contributed by atoms with van der Waals surface area (Å²) < 4.78 is 19.0. The van der Waals surface area contributed by atoms with Crippen molar-refractivity contribution in [3.8, 4) is 0 Å². The number of hydrogen-bond acceptors (Lipinski definition) is 3. The van der Waals surface area contributed by atoms with Crippen molar-refractivity contribution in [3.05, 3.63) is 30.1 Å². The first-order valence-corrected chi connectivity index (χ1v) is 6.48. The van der Waals surface area contributed by atoms with Crippen molar-refractivity contribution in [2.45, 2.75) is 32.0 Å². The number of nitrogens with zero attached hydrogens (tertiary/aromatic N) is 1. The average Bonchev–Trinajstić information content (AvgIpc) is 2.91. The van der Waals surface area contributed by atoms with Crippen LogP contribution in [0.5, 0.6) is 0 Å². The van der Waals surface area contributed by atoms with E-state index in [2.05, 4.69) is 0 Å². The first-order valence-electron chi connectivity index (χ1n) is 6.48. The molecule has 1 aromatic carbocycles. The van der Waals surface area contributed by atoms with Crippen molar-refractivity contribution in [1.29, 1.82) is 0 Å². The lowest BCUT2D eigenvalue weighted by Gasteiger charge is -2.24. The van der Waals surface area contributed by atoms with Crippen molar-refractivity contribution in [2.24, 2.45) is 0 Å². The number of benzene rings is 1. The van der Waals surface area contributed by atoms with Gasteiger partial charge in [-0.3, -0.25) is 4.79 Å².